The second kappa shape index (κ2) is 9.46. The maximum atomic E-state index is 14.5. The highest BCUT2D eigenvalue weighted by molar-refractivity contribution is 6.30. The second-order valence-corrected chi connectivity index (χ2v) is 8.25. The van der Waals surface area contributed by atoms with Crippen LogP contribution in [0.4, 0.5) is 20.6 Å². The molecular formula is C22H25ClFN5O3. The molecule has 0 spiro atoms. The minimum absolute atomic E-state index is 0.170. The molecule has 0 radical (unpaired) electrons. The van der Waals surface area contributed by atoms with E-state index in [4.69, 9.17) is 22.1 Å². The summed E-state index contributed by atoms with van der Waals surface area (Å²) in [6.45, 7) is 4.21. The Balaban J connectivity index is 1.91. The van der Waals surface area contributed by atoms with Crippen molar-refractivity contribution >= 4 is 29.0 Å². The van der Waals surface area contributed by atoms with Gasteiger partial charge in [0.2, 0.25) is 0 Å². The first kappa shape index (κ1) is 23.4. The van der Waals surface area contributed by atoms with Crippen molar-refractivity contribution in [1.82, 2.24) is 9.78 Å². The van der Waals surface area contributed by atoms with Crippen molar-refractivity contribution < 1.29 is 19.0 Å². The first-order valence-electron chi connectivity index (χ1n) is 9.87. The van der Waals surface area contributed by atoms with Crippen LogP contribution in [0.5, 0.6) is 11.5 Å². The minimum Gasteiger partial charge on any atom is -0.506 e. The minimum atomic E-state index is -0.601. The number of nitrogens with one attached hydrogen (secondary N) is 2. The van der Waals surface area contributed by atoms with E-state index < -0.39 is 17.4 Å². The van der Waals surface area contributed by atoms with Crippen molar-refractivity contribution in [1.29, 1.82) is 0 Å². The van der Waals surface area contributed by atoms with Crippen molar-refractivity contribution in [3.05, 3.63) is 53.4 Å². The van der Waals surface area contributed by atoms with Crippen molar-refractivity contribution in [2.24, 2.45) is 12.8 Å². The molecule has 1 heterocycles. The fraction of sp³-hybridized carbons (Fsp3) is 0.273. The number of aromatic nitrogens is 2. The summed E-state index contributed by atoms with van der Waals surface area (Å²) in [5.41, 5.74) is 6.29. The smallest absolute Gasteiger partial charge is 0.323 e. The molecule has 8 nitrogen and oxygen atoms in total. The summed E-state index contributed by atoms with van der Waals surface area (Å²) in [6, 6.07) is 8.60. The first-order valence-corrected chi connectivity index (χ1v) is 10.2. The normalized spacial score (nSPS) is 11.3. The van der Waals surface area contributed by atoms with Crippen LogP contribution in [0.3, 0.4) is 0 Å². The van der Waals surface area contributed by atoms with Gasteiger partial charge in [0.15, 0.2) is 5.82 Å². The fourth-order valence-electron chi connectivity index (χ4n) is 3.19. The average Bonchev–Trinajstić information content (AvgIpc) is 3.03. The van der Waals surface area contributed by atoms with Crippen LogP contribution in [0.15, 0.2) is 42.6 Å². The topological polar surface area (TPSA) is 114 Å². The molecule has 10 heteroatoms. The molecule has 0 saturated heterocycles. The molecule has 3 aromatic rings. The summed E-state index contributed by atoms with van der Waals surface area (Å²) < 4.78 is 22.0. The van der Waals surface area contributed by atoms with Crippen molar-refractivity contribution in [3.63, 3.8) is 0 Å². The van der Waals surface area contributed by atoms with Crippen LogP contribution in [0.1, 0.15) is 20.3 Å². The van der Waals surface area contributed by atoms with Gasteiger partial charge in [0.05, 0.1) is 11.9 Å². The van der Waals surface area contributed by atoms with Crippen molar-refractivity contribution in [2.45, 2.75) is 25.9 Å². The van der Waals surface area contributed by atoms with Crippen LogP contribution in [-0.4, -0.2) is 33.1 Å². The maximum absolute atomic E-state index is 14.5. The Kier molecular flexibility index (Phi) is 6.90. The van der Waals surface area contributed by atoms with E-state index in [0.717, 1.165) is 6.20 Å². The Bertz CT molecular complexity index is 1110. The van der Waals surface area contributed by atoms with Crippen LogP contribution in [0, 0.1) is 5.82 Å². The number of halogens is 2. The molecule has 0 aliphatic rings. The summed E-state index contributed by atoms with van der Waals surface area (Å²) in [5, 5.41) is 19.4. The van der Waals surface area contributed by atoms with Crippen LogP contribution in [0.25, 0.3) is 11.3 Å². The third-order valence-electron chi connectivity index (χ3n) is 4.73. The van der Waals surface area contributed by atoms with Gasteiger partial charge in [-0.3, -0.25) is 4.68 Å². The van der Waals surface area contributed by atoms with E-state index in [-0.39, 0.29) is 17.1 Å². The number of hydrogen-bond donors (Lipinski definition) is 4. The van der Waals surface area contributed by atoms with Gasteiger partial charge in [-0.2, -0.15) is 5.10 Å². The average molecular weight is 462 g/mol. The van der Waals surface area contributed by atoms with Gasteiger partial charge in [0, 0.05) is 29.4 Å². The molecule has 0 bridgehead atoms. The molecule has 1 aromatic heterocycles. The highest BCUT2D eigenvalue weighted by atomic mass is 35.5. The van der Waals surface area contributed by atoms with Gasteiger partial charge < -0.3 is 26.2 Å². The van der Waals surface area contributed by atoms with Gasteiger partial charge in [0.25, 0.3) is 0 Å². The Hall–Kier alpha value is -3.30. The largest absolute Gasteiger partial charge is 0.506 e. The Morgan fingerprint density at radius 1 is 1.28 bits per heavy atom. The number of phenolic OH excluding ortho intramolecular Hbond substituents is 1. The summed E-state index contributed by atoms with van der Waals surface area (Å²) in [6.07, 6.45) is 1.70. The number of aromatic hydroxyl groups is 1. The second-order valence-electron chi connectivity index (χ2n) is 7.82. The van der Waals surface area contributed by atoms with Gasteiger partial charge in [-0.05, 0) is 57.1 Å². The van der Waals surface area contributed by atoms with Crippen molar-refractivity contribution in [3.8, 4) is 22.8 Å². The number of urea groups is 1. The van der Waals surface area contributed by atoms with Crippen LogP contribution < -0.4 is 21.1 Å². The lowest BCUT2D eigenvalue weighted by Gasteiger charge is -2.27. The molecule has 2 amide bonds. The number of phenols is 1. The maximum Gasteiger partial charge on any atom is 0.323 e. The molecule has 0 unspecified atom stereocenters. The number of nitrogens with zero attached hydrogens (tertiary/aromatic N) is 2. The van der Waals surface area contributed by atoms with Gasteiger partial charge in [0.1, 0.15) is 22.8 Å². The number of nitrogens with two attached hydrogens (primary N) is 1. The summed E-state index contributed by atoms with van der Waals surface area (Å²) in [5.74, 6) is -0.273. The zero-order valence-corrected chi connectivity index (χ0v) is 18.7. The third-order valence-corrected chi connectivity index (χ3v) is 4.96. The zero-order valence-electron chi connectivity index (χ0n) is 17.9. The Morgan fingerprint density at radius 2 is 2.03 bits per heavy atom. The molecule has 0 aliphatic carbocycles. The summed E-state index contributed by atoms with van der Waals surface area (Å²) in [4.78, 5) is 12.4. The lowest BCUT2D eigenvalue weighted by molar-refractivity contribution is 0.103. The first-order chi connectivity index (χ1) is 15.1. The SMILES string of the molecule is Cn1ncc(F)c1-c1cc(NC(=O)Nc2ccc(Cl)cc2O)ccc1OC(C)(C)CCN. The Labute approximate surface area is 190 Å². The molecule has 0 atom stereocenters. The lowest BCUT2D eigenvalue weighted by atomic mass is 10.0. The monoisotopic (exact) mass is 461 g/mol. The Morgan fingerprint density at radius 3 is 2.66 bits per heavy atom. The molecule has 170 valence electrons. The van der Waals surface area contributed by atoms with E-state index in [0.29, 0.717) is 35.0 Å². The van der Waals surface area contributed by atoms with Gasteiger partial charge in [-0.15, -0.1) is 0 Å². The molecule has 0 aliphatic heterocycles. The molecule has 5 N–H and O–H groups in total. The van der Waals surface area contributed by atoms with E-state index in [2.05, 4.69) is 15.7 Å². The van der Waals surface area contributed by atoms with E-state index in [1.807, 2.05) is 13.8 Å². The standard InChI is InChI=1S/C22H25ClFN5O3/c1-22(2,8-9-25)32-19-7-5-14(11-15(19)20-16(24)12-26-29(20)3)27-21(31)28-17-6-4-13(23)10-18(17)30/h4-7,10-12,30H,8-9,25H2,1-3H3,(H2,27,28,31). The third kappa shape index (κ3) is 5.49. The predicted molar refractivity (Wildman–Crippen MR) is 123 cm³/mol. The van der Waals surface area contributed by atoms with E-state index in [9.17, 15) is 14.3 Å². The predicted octanol–water partition coefficient (Wildman–Crippen LogP) is 4.74. The van der Waals surface area contributed by atoms with Crippen LogP contribution in [0.2, 0.25) is 5.02 Å². The molecule has 0 fully saturated rings. The molecular weight excluding hydrogens is 437 g/mol. The van der Waals surface area contributed by atoms with Crippen molar-refractivity contribution in [2.75, 3.05) is 17.2 Å². The number of amides is 2. The quantitative estimate of drug-likeness (QED) is 0.379. The number of carbonyl (C=O) groups is 1. The number of carbonyl (C=O) groups excluding carboxylic acids is 1. The molecule has 3 rings (SSSR count). The summed E-state index contributed by atoms with van der Waals surface area (Å²) >= 11 is 5.81. The van der Waals surface area contributed by atoms with Crippen LogP contribution in [-0.2, 0) is 7.05 Å². The van der Waals surface area contributed by atoms with Gasteiger partial charge in [-0.25, -0.2) is 9.18 Å². The molecule has 0 saturated carbocycles. The fourth-order valence-corrected chi connectivity index (χ4v) is 3.35. The number of rotatable bonds is 7. The zero-order chi connectivity index (χ0) is 23.5. The van der Waals surface area contributed by atoms with E-state index in [1.165, 1.54) is 22.9 Å². The highest BCUT2D eigenvalue weighted by Crippen LogP contribution is 2.36. The lowest BCUT2D eigenvalue weighted by Crippen LogP contribution is -2.31. The van der Waals surface area contributed by atoms with E-state index >= 15 is 0 Å². The summed E-state index contributed by atoms with van der Waals surface area (Å²) in [7, 11) is 1.61. The number of aryl methyl sites for hydroxylation is 1. The number of ether oxygens (including phenoxy) is 1. The van der Waals surface area contributed by atoms with Crippen LogP contribution >= 0.6 is 11.6 Å². The molecule has 32 heavy (non-hydrogen) atoms. The van der Waals surface area contributed by atoms with Gasteiger partial charge in [-0.1, -0.05) is 11.6 Å². The van der Waals surface area contributed by atoms with Gasteiger partial charge >= 0.3 is 6.03 Å². The number of benzene rings is 2. The highest BCUT2D eigenvalue weighted by Gasteiger charge is 2.24. The number of hydrogen-bond acceptors (Lipinski definition) is 5. The molecule has 2 aromatic carbocycles. The number of anilines is 2. The van der Waals surface area contributed by atoms with E-state index in [1.54, 1.807) is 25.2 Å².